The van der Waals surface area contributed by atoms with Gasteiger partial charge in [-0.3, -0.25) is 0 Å². The molecule has 5 N–H and O–H groups in total. The molecule has 0 spiro atoms. The third kappa shape index (κ3) is 2.38. The van der Waals surface area contributed by atoms with Crippen molar-refractivity contribution in [3.8, 4) is 0 Å². The molecule has 2 unspecified atom stereocenters. The van der Waals surface area contributed by atoms with E-state index in [2.05, 4.69) is 0 Å². The fraction of sp³-hybridized carbons (Fsp3) is 0.538. The van der Waals surface area contributed by atoms with Crippen LogP contribution in [0.5, 0.6) is 0 Å². The van der Waals surface area contributed by atoms with Gasteiger partial charge in [-0.25, -0.2) is 0 Å². The van der Waals surface area contributed by atoms with Gasteiger partial charge in [0.15, 0.2) is 0 Å². The van der Waals surface area contributed by atoms with Crippen molar-refractivity contribution < 1.29 is 30.3 Å². The Labute approximate surface area is 110 Å². The molecule has 106 valence electrons. The summed E-state index contributed by atoms with van der Waals surface area (Å²) in [5, 5.41) is 48.3. The molecule has 0 saturated carbocycles. The zero-order valence-corrected chi connectivity index (χ0v) is 10.3. The maximum absolute atomic E-state index is 10.4. The molecule has 0 aromatic heterocycles. The summed E-state index contributed by atoms with van der Waals surface area (Å²) in [6.45, 7) is -1.33. The summed E-state index contributed by atoms with van der Waals surface area (Å²) in [4.78, 5) is 0. The highest BCUT2D eigenvalue weighted by Crippen LogP contribution is 2.42. The van der Waals surface area contributed by atoms with Crippen molar-refractivity contribution in [2.45, 2.75) is 30.0 Å². The van der Waals surface area contributed by atoms with E-state index in [1.165, 1.54) is 0 Å². The normalized spacial score (nSPS) is 36.4. The molecular formula is C13H18O6. The molecule has 0 bridgehead atoms. The molecule has 1 aromatic rings. The monoisotopic (exact) mass is 270 g/mol. The van der Waals surface area contributed by atoms with Gasteiger partial charge < -0.3 is 30.3 Å². The Kier molecular flexibility index (Phi) is 4.19. The first-order valence-electron chi connectivity index (χ1n) is 6.05. The van der Waals surface area contributed by atoms with E-state index in [1.807, 2.05) is 0 Å². The Hall–Kier alpha value is -1.02. The summed E-state index contributed by atoms with van der Waals surface area (Å²) in [6, 6.07) is 8.63. The SMILES string of the molecule is OCC(O)[C@H]1OC(c2ccccc2)[C@](O)(CO)[C@H]1O. The van der Waals surface area contributed by atoms with E-state index in [1.54, 1.807) is 30.3 Å². The number of hydrogen-bond donors (Lipinski definition) is 5. The van der Waals surface area contributed by atoms with E-state index in [0.29, 0.717) is 5.56 Å². The summed E-state index contributed by atoms with van der Waals surface area (Å²) >= 11 is 0. The zero-order chi connectivity index (χ0) is 14.0. The molecule has 0 radical (unpaired) electrons. The highest BCUT2D eigenvalue weighted by Gasteiger charge is 2.57. The Morgan fingerprint density at radius 2 is 1.84 bits per heavy atom. The number of rotatable bonds is 4. The second kappa shape index (κ2) is 5.54. The Morgan fingerprint density at radius 1 is 1.21 bits per heavy atom. The highest BCUT2D eigenvalue weighted by molar-refractivity contribution is 5.24. The summed E-state index contributed by atoms with van der Waals surface area (Å²) in [5.41, 5.74) is -1.34. The molecule has 6 heteroatoms. The fourth-order valence-corrected chi connectivity index (χ4v) is 2.37. The second-order valence-corrected chi connectivity index (χ2v) is 4.74. The molecule has 2 rings (SSSR count). The standard InChI is InChI=1S/C13H18O6/c14-6-9(16)10-11(17)13(18,7-15)12(19-10)8-4-2-1-3-5-8/h1-5,9-12,14-18H,6-7H2/t9?,10-,11+,12?,13+/m1/s1. The van der Waals surface area contributed by atoms with Crippen LogP contribution in [0, 0.1) is 0 Å². The second-order valence-electron chi connectivity index (χ2n) is 4.74. The van der Waals surface area contributed by atoms with Crippen LogP contribution in [0.3, 0.4) is 0 Å². The van der Waals surface area contributed by atoms with Gasteiger partial charge in [0, 0.05) is 0 Å². The lowest BCUT2D eigenvalue weighted by atomic mass is 9.87. The number of hydrogen-bond acceptors (Lipinski definition) is 6. The Bertz CT molecular complexity index is 411. The molecule has 0 amide bonds. The summed E-state index contributed by atoms with van der Waals surface area (Å²) in [5.74, 6) is 0. The predicted octanol–water partition coefficient (Wildman–Crippen LogP) is -1.44. The minimum absolute atomic E-state index is 0.575. The molecule has 1 saturated heterocycles. The van der Waals surface area contributed by atoms with Crippen molar-refractivity contribution in [1.29, 1.82) is 0 Å². The summed E-state index contributed by atoms with van der Waals surface area (Å²) < 4.78 is 5.45. The van der Waals surface area contributed by atoms with E-state index in [-0.39, 0.29) is 0 Å². The van der Waals surface area contributed by atoms with Crippen molar-refractivity contribution in [3.63, 3.8) is 0 Å². The number of ether oxygens (including phenoxy) is 1. The van der Waals surface area contributed by atoms with Crippen molar-refractivity contribution in [1.82, 2.24) is 0 Å². The van der Waals surface area contributed by atoms with Crippen molar-refractivity contribution in [2.24, 2.45) is 0 Å². The van der Waals surface area contributed by atoms with Crippen LogP contribution < -0.4 is 0 Å². The first kappa shape index (κ1) is 14.4. The van der Waals surface area contributed by atoms with Gasteiger partial charge in [-0.05, 0) is 5.56 Å². The third-order valence-corrected chi connectivity index (χ3v) is 3.49. The molecule has 1 fully saturated rings. The quantitative estimate of drug-likeness (QED) is 0.458. The van der Waals surface area contributed by atoms with Gasteiger partial charge in [0.2, 0.25) is 0 Å². The molecule has 1 aliphatic heterocycles. The van der Waals surface area contributed by atoms with Crippen molar-refractivity contribution in [3.05, 3.63) is 35.9 Å². The average molecular weight is 270 g/mol. The van der Waals surface area contributed by atoms with Crippen LogP contribution in [-0.4, -0.2) is 62.7 Å². The van der Waals surface area contributed by atoms with Crippen molar-refractivity contribution >= 4 is 0 Å². The van der Waals surface area contributed by atoms with Crippen molar-refractivity contribution in [2.75, 3.05) is 13.2 Å². The van der Waals surface area contributed by atoms with E-state index < -0.39 is 43.2 Å². The van der Waals surface area contributed by atoms with Gasteiger partial charge in [0.05, 0.1) is 13.2 Å². The first-order chi connectivity index (χ1) is 9.04. The maximum atomic E-state index is 10.4. The molecular weight excluding hydrogens is 252 g/mol. The molecule has 0 aliphatic carbocycles. The van der Waals surface area contributed by atoms with Crippen LogP contribution in [-0.2, 0) is 4.74 Å². The minimum Gasteiger partial charge on any atom is -0.394 e. The highest BCUT2D eigenvalue weighted by atomic mass is 16.6. The first-order valence-corrected chi connectivity index (χ1v) is 6.05. The molecule has 1 heterocycles. The topological polar surface area (TPSA) is 110 Å². The van der Waals surface area contributed by atoms with Crippen LogP contribution >= 0.6 is 0 Å². The van der Waals surface area contributed by atoms with Crippen LogP contribution in [0.4, 0.5) is 0 Å². The maximum Gasteiger partial charge on any atom is 0.146 e. The fourth-order valence-electron chi connectivity index (χ4n) is 2.37. The van der Waals surface area contributed by atoms with E-state index in [9.17, 15) is 20.4 Å². The predicted molar refractivity (Wildman–Crippen MR) is 65.2 cm³/mol. The van der Waals surface area contributed by atoms with Crippen LogP contribution in [0.25, 0.3) is 0 Å². The van der Waals surface area contributed by atoms with Crippen LogP contribution in [0.2, 0.25) is 0 Å². The van der Waals surface area contributed by atoms with Gasteiger partial charge in [-0.1, -0.05) is 30.3 Å². The van der Waals surface area contributed by atoms with Gasteiger partial charge in [-0.15, -0.1) is 0 Å². The molecule has 1 aromatic carbocycles. The smallest absolute Gasteiger partial charge is 0.146 e. The molecule has 5 atom stereocenters. The van der Waals surface area contributed by atoms with E-state index >= 15 is 0 Å². The summed E-state index contributed by atoms with van der Waals surface area (Å²) in [7, 11) is 0. The largest absolute Gasteiger partial charge is 0.394 e. The Morgan fingerprint density at radius 3 is 2.37 bits per heavy atom. The van der Waals surface area contributed by atoms with Crippen LogP contribution in [0.1, 0.15) is 11.7 Å². The van der Waals surface area contributed by atoms with E-state index in [4.69, 9.17) is 9.84 Å². The average Bonchev–Trinajstić information content (AvgIpc) is 2.72. The van der Waals surface area contributed by atoms with Gasteiger partial charge in [0.25, 0.3) is 0 Å². The molecule has 1 aliphatic rings. The lowest BCUT2D eigenvalue weighted by Gasteiger charge is -2.29. The number of benzene rings is 1. The number of aliphatic hydroxyl groups excluding tert-OH is 4. The zero-order valence-electron chi connectivity index (χ0n) is 10.3. The minimum atomic E-state index is -1.91. The molecule has 6 nitrogen and oxygen atoms in total. The summed E-state index contributed by atoms with van der Waals surface area (Å²) in [6.07, 6.45) is -4.96. The van der Waals surface area contributed by atoms with Gasteiger partial charge in [-0.2, -0.15) is 0 Å². The number of aliphatic hydroxyl groups is 5. The van der Waals surface area contributed by atoms with E-state index in [0.717, 1.165) is 0 Å². The van der Waals surface area contributed by atoms with Crippen LogP contribution in [0.15, 0.2) is 30.3 Å². The lowest BCUT2D eigenvalue weighted by molar-refractivity contribution is -0.110. The van der Waals surface area contributed by atoms with Gasteiger partial charge in [0.1, 0.15) is 30.0 Å². The van der Waals surface area contributed by atoms with Gasteiger partial charge >= 0.3 is 0 Å². The lowest BCUT2D eigenvalue weighted by Crippen LogP contribution is -2.50. The third-order valence-electron chi connectivity index (χ3n) is 3.49. The molecule has 19 heavy (non-hydrogen) atoms. The Balaban J connectivity index is 2.33.